The fourth-order valence-electron chi connectivity index (χ4n) is 2.66. The van der Waals surface area contributed by atoms with Crippen molar-refractivity contribution in [2.45, 2.75) is 31.7 Å². The van der Waals surface area contributed by atoms with E-state index in [0.29, 0.717) is 12.5 Å². The maximum atomic E-state index is 6.05. The monoisotopic (exact) mass is 359 g/mol. The van der Waals surface area contributed by atoms with Gasteiger partial charge in [0.2, 0.25) is 5.95 Å². The molecule has 0 atom stereocenters. The Labute approximate surface area is 154 Å². The van der Waals surface area contributed by atoms with Gasteiger partial charge in [-0.2, -0.15) is 4.98 Å². The van der Waals surface area contributed by atoms with Gasteiger partial charge in [-0.15, -0.1) is 0 Å². The Morgan fingerprint density at radius 1 is 1.16 bits per heavy atom. The molecule has 1 aromatic heterocycles. The van der Waals surface area contributed by atoms with Crippen LogP contribution in [0.15, 0.2) is 30.3 Å². The first kappa shape index (κ1) is 18.0. The van der Waals surface area contributed by atoms with Gasteiger partial charge in [-0.3, -0.25) is 0 Å². The van der Waals surface area contributed by atoms with E-state index in [1.165, 1.54) is 12.8 Å². The molecule has 1 heterocycles. The summed E-state index contributed by atoms with van der Waals surface area (Å²) in [5.74, 6) is 2.18. The molecule has 5 nitrogen and oxygen atoms in total. The zero-order valence-corrected chi connectivity index (χ0v) is 15.7. The third kappa shape index (κ3) is 5.87. The van der Waals surface area contributed by atoms with E-state index in [0.717, 1.165) is 47.6 Å². The van der Waals surface area contributed by atoms with Crippen LogP contribution in [0.4, 0.5) is 11.8 Å². The summed E-state index contributed by atoms with van der Waals surface area (Å²) in [6.07, 6.45) is 3.52. The van der Waals surface area contributed by atoms with Crippen molar-refractivity contribution in [3.63, 3.8) is 0 Å². The van der Waals surface area contributed by atoms with Gasteiger partial charge in [-0.05, 0) is 57.6 Å². The van der Waals surface area contributed by atoms with Gasteiger partial charge in [0, 0.05) is 30.1 Å². The van der Waals surface area contributed by atoms with E-state index in [2.05, 4.69) is 51.7 Å². The highest BCUT2D eigenvalue weighted by atomic mass is 35.5. The van der Waals surface area contributed by atoms with Crippen molar-refractivity contribution >= 4 is 23.4 Å². The van der Waals surface area contributed by atoms with E-state index in [4.69, 9.17) is 11.6 Å². The molecule has 1 fully saturated rings. The Morgan fingerprint density at radius 3 is 2.72 bits per heavy atom. The molecule has 0 radical (unpaired) electrons. The van der Waals surface area contributed by atoms with Gasteiger partial charge in [0.1, 0.15) is 5.82 Å². The number of nitrogens with one attached hydrogen (secondary N) is 2. The molecule has 0 amide bonds. The molecular formula is C19H26ClN5. The average molecular weight is 360 g/mol. The molecule has 1 saturated carbocycles. The Kier molecular flexibility index (Phi) is 6.10. The maximum absolute atomic E-state index is 6.05. The fraction of sp³-hybridized carbons (Fsp3) is 0.474. The van der Waals surface area contributed by atoms with Crippen molar-refractivity contribution < 1.29 is 0 Å². The first-order chi connectivity index (χ1) is 12.1. The Bertz CT molecular complexity index is 700. The summed E-state index contributed by atoms with van der Waals surface area (Å²) in [4.78, 5) is 11.5. The summed E-state index contributed by atoms with van der Waals surface area (Å²) in [6, 6.07) is 9.96. The molecule has 0 spiro atoms. The molecule has 25 heavy (non-hydrogen) atoms. The summed E-state index contributed by atoms with van der Waals surface area (Å²) >= 11 is 6.05. The quantitative estimate of drug-likeness (QED) is 0.663. The van der Waals surface area contributed by atoms with Crippen LogP contribution < -0.4 is 10.6 Å². The number of aromatic nitrogens is 2. The van der Waals surface area contributed by atoms with Crippen LogP contribution in [0.5, 0.6) is 0 Å². The lowest BCUT2D eigenvalue weighted by Gasteiger charge is -2.12. The second-order valence-electron chi connectivity index (χ2n) is 6.84. The van der Waals surface area contributed by atoms with Gasteiger partial charge < -0.3 is 15.5 Å². The lowest BCUT2D eigenvalue weighted by Crippen LogP contribution is -2.17. The van der Waals surface area contributed by atoms with Crippen molar-refractivity contribution in [3.8, 4) is 0 Å². The molecule has 2 aromatic rings. The molecule has 2 N–H and O–H groups in total. The van der Waals surface area contributed by atoms with Crippen molar-refractivity contribution in [2.75, 3.05) is 37.8 Å². The third-order valence-electron chi connectivity index (χ3n) is 4.17. The molecule has 0 aliphatic heterocycles. The van der Waals surface area contributed by atoms with Crippen molar-refractivity contribution in [3.05, 3.63) is 46.6 Å². The Hall–Kier alpha value is -1.85. The van der Waals surface area contributed by atoms with Crippen LogP contribution in [0.2, 0.25) is 5.02 Å². The molecule has 1 aliphatic rings. The number of hydrogen-bond donors (Lipinski definition) is 2. The third-order valence-corrected chi connectivity index (χ3v) is 4.40. The SMILES string of the molecule is CN(C)CCCNc1nc(NCc2cccc(Cl)c2)cc(C2CC2)n1. The molecule has 0 saturated heterocycles. The number of benzene rings is 1. The van der Waals surface area contributed by atoms with Crippen LogP contribution in [0.3, 0.4) is 0 Å². The zero-order valence-electron chi connectivity index (χ0n) is 14.9. The standard InChI is InChI=1S/C19H26ClN5/c1-25(2)10-4-9-21-19-23-17(15-7-8-15)12-18(24-19)22-13-14-5-3-6-16(20)11-14/h3,5-6,11-12,15H,4,7-10,13H2,1-2H3,(H2,21,22,23,24). The Balaban J connectivity index is 1.63. The summed E-state index contributed by atoms with van der Waals surface area (Å²) in [7, 11) is 4.17. The zero-order chi connectivity index (χ0) is 17.6. The fourth-order valence-corrected chi connectivity index (χ4v) is 2.87. The summed E-state index contributed by atoms with van der Waals surface area (Å²) < 4.78 is 0. The number of halogens is 1. The van der Waals surface area contributed by atoms with Crippen LogP contribution >= 0.6 is 11.6 Å². The van der Waals surface area contributed by atoms with Crippen molar-refractivity contribution in [1.29, 1.82) is 0 Å². The van der Waals surface area contributed by atoms with Crippen molar-refractivity contribution in [1.82, 2.24) is 14.9 Å². The lowest BCUT2D eigenvalue weighted by molar-refractivity contribution is 0.405. The minimum absolute atomic E-state index is 0.594. The van der Waals surface area contributed by atoms with Gasteiger partial charge in [-0.1, -0.05) is 23.7 Å². The van der Waals surface area contributed by atoms with E-state index in [1.807, 2.05) is 18.2 Å². The molecule has 1 aromatic carbocycles. The number of nitrogens with zero attached hydrogens (tertiary/aromatic N) is 3. The van der Waals surface area contributed by atoms with Crippen LogP contribution in [0, 0.1) is 0 Å². The first-order valence-corrected chi connectivity index (χ1v) is 9.24. The second-order valence-corrected chi connectivity index (χ2v) is 7.28. The molecule has 134 valence electrons. The highest BCUT2D eigenvalue weighted by Gasteiger charge is 2.26. The molecule has 0 unspecified atom stereocenters. The van der Waals surface area contributed by atoms with Gasteiger partial charge >= 0.3 is 0 Å². The van der Waals surface area contributed by atoms with E-state index in [9.17, 15) is 0 Å². The number of anilines is 2. The minimum atomic E-state index is 0.594. The largest absolute Gasteiger partial charge is 0.366 e. The van der Waals surface area contributed by atoms with Gasteiger partial charge in [0.15, 0.2) is 0 Å². The lowest BCUT2D eigenvalue weighted by atomic mass is 10.2. The predicted molar refractivity (Wildman–Crippen MR) is 104 cm³/mol. The van der Waals surface area contributed by atoms with Crippen molar-refractivity contribution in [2.24, 2.45) is 0 Å². The smallest absolute Gasteiger partial charge is 0.224 e. The minimum Gasteiger partial charge on any atom is -0.366 e. The normalized spacial score (nSPS) is 13.9. The van der Waals surface area contributed by atoms with E-state index in [1.54, 1.807) is 0 Å². The summed E-state index contributed by atoms with van der Waals surface area (Å²) in [6.45, 7) is 2.62. The van der Waals surface area contributed by atoms with Crippen LogP contribution in [-0.4, -0.2) is 42.1 Å². The molecule has 3 rings (SSSR count). The molecule has 0 bridgehead atoms. The Morgan fingerprint density at radius 2 is 2.00 bits per heavy atom. The number of rotatable bonds is 9. The average Bonchev–Trinajstić information content (AvgIpc) is 3.42. The summed E-state index contributed by atoms with van der Waals surface area (Å²) in [5, 5.41) is 7.52. The van der Waals surface area contributed by atoms with Gasteiger partial charge in [0.25, 0.3) is 0 Å². The van der Waals surface area contributed by atoms with Gasteiger partial charge in [0.05, 0.1) is 5.69 Å². The highest BCUT2D eigenvalue weighted by Crippen LogP contribution is 2.39. The van der Waals surface area contributed by atoms with Crippen LogP contribution in [-0.2, 0) is 6.54 Å². The molecule has 1 aliphatic carbocycles. The number of hydrogen-bond acceptors (Lipinski definition) is 5. The van der Waals surface area contributed by atoms with E-state index < -0.39 is 0 Å². The van der Waals surface area contributed by atoms with E-state index >= 15 is 0 Å². The van der Waals surface area contributed by atoms with E-state index in [-0.39, 0.29) is 0 Å². The summed E-state index contributed by atoms with van der Waals surface area (Å²) in [5.41, 5.74) is 2.28. The topological polar surface area (TPSA) is 53.1 Å². The van der Waals surface area contributed by atoms with Crippen LogP contribution in [0.25, 0.3) is 0 Å². The predicted octanol–water partition coefficient (Wildman–Crippen LogP) is 3.98. The van der Waals surface area contributed by atoms with Gasteiger partial charge in [-0.25, -0.2) is 4.98 Å². The maximum Gasteiger partial charge on any atom is 0.224 e. The molecule has 6 heteroatoms. The molecular weight excluding hydrogens is 334 g/mol. The first-order valence-electron chi connectivity index (χ1n) is 8.86. The second kappa shape index (κ2) is 8.50. The highest BCUT2D eigenvalue weighted by molar-refractivity contribution is 6.30. The van der Waals surface area contributed by atoms with Crippen LogP contribution in [0.1, 0.15) is 36.4 Å².